The molecule has 5 heteroatoms. The molecule has 1 aromatic rings. The van der Waals surface area contributed by atoms with Crippen molar-refractivity contribution in [3.8, 4) is 0 Å². The van der Waals surface area contributed by atoms with Gasteiger partial charge in [0, 0.05) is 5.56 Å². The van der Waals surface area contributed by atoms with Gasteiger partial charge >= 0.3 is 0 Å². The molecule has 1 aliphatic heterocycles. The Morgan fingerprint density at radius 3 is 2.81 bits per heavy atom. The van der Waals surface area contributed by atoms with Gasteiger partial charge in [-0.25, -0.2) is 0 Å². The molecular formula is C11H19BrN4. The third-order valence-electron chi connectivity index (χ3n) is 3.25. The summed E-state index contributed by atoms with van der Waals surface area (Å²) in [5.74, 6) is 0. The van der Waals surface area contributed by atoms with Crippen molar-refractivity contribution < 1.29 is 0 Å². The van der Waals surface area contributed by atoms with Crippen LogP contribution in [-0.4, -0.2) is 41.4 Å². The van der Waals surface area contributed by atoms with Crippen LogP contribution >= 0.6 is 15.9 Å². The fourth-order valence-electron chi connectivity index (χ4n) is 2.20. The van der Waals surface area contributed by atoms with Crippen LogP contribution < -0.4 is 5.73 Å². The third-order valence-corrected chi connectivity index (χ3v) is 4.12. The zero-order valence-electron chi connectivity index (χ0n) is 9.69. The molecule has 0 atom stereocenters. The minimum atomic E-state index is 0.539. The molecule has 0 saturated carbocycles. The largest absolute Gasteiger partial charge is 0.330 e. The number of nitrogens with zero attached hydrogens (tertiary/aromatic N) is 3. The van der Waals surface area contributed by atoms with E-state index in [2.05, 4.69) is 37.7 Å². The number of piperidine rings is 1. The standard InChI is InChI=1S/C11H19BrN4/c1-15-6-3-10(4-7-15)16-11(12)9(2-5-13)8-14-16/h8,10H,2-7,13H2,1H3. The molecular weight excluding hydrogens is 268 g/mol. The van der Waals surface area contributed by atoms with E-state index in [-0.39, 0.29) is 0 Å². The summed E-state index contributed by atoms with van der Waals surface area (Å²) < 4.78 is 3.24. The van der Waals surface area contributed by atoms with Crippen LogP contribution in [0.2, 0.25) is 0 Å². The zero-order valence-corrected chi connectivity index (χ0v) is 11.3. The third kappa shape index (κ3) is 2.47. The van der Waals surface area contributed by atoms with E-state index in [0.29, 0.717) is 12.6 Å². The first kappa shape index (κ1) is 12.1. The number of aromatic nitrogens is 2. The van der Waals surface area contributed by atoms with E-state index in [4.69, 9.17) is 5.73 Å². The van der Waals surface area contributed by atoms with Crippen LogP contribution in [0.4, 0.5) is 0 Å². The molecule has 0 aliphatic carbocycles. The maximum Gasteiger partial charge on any atom is 0.107 e. The summed E-state index contributed by atoms with van der Waals surface area (Å²) in [5.41, 5.74) is 6.79. The molecule has 0 spiro atoms. The highest BCUT2D eigenvalue weighted by Gasteiger charge is 2.21. The minimum absolute atomic E-state index is 0.539. The van der Waals surface area contributed by atoms with E-state index in [0.717, 1.165) is 24.1 Å². The van der Waals surface area contributed by atoms with Gasteiger partial charge in [0.1, 0.15) is 4.60 Å². The number of nitrogens with two attached hydrogens (primary N) is 1. The monoisotopic (exact) mass is 286 g/mol. The summed E-state index contributed by atoms with van der Waals surface area (Å²) in [6, 6.07) is 0.539. The second-order valence-electron chi connectivity index (χ2n) is 4.48. The maximum atomic E-state index is 5.57. The van der Waals surface area contributed by atoms with E-state index < -0.39 is 0 Å². The van der Waals surface area contributed by atoms with Crippen LogP contribution in [0.1, 0.15) is 24.4 Å². The van der Waals surface area contributed by atoms with E-state index in [1.54, 1.807) is 0 Å². The summed E-state index contributed by atoms with van der Waals surface area (Å²) in [6.07, 6.45) is 5.19. The molecule has 16 heavy (non-hydrogen) atoms. The average molecular weight is 287 g/mol. The van der Waals surface area contributed by atoms with Gasteiger partial charge in [-0.15, -0.1) is 0 Å². The highest BCUT2D eigenvalue weighted by molar-refractivity contribution is 9.10. The summed E-state index contributed by atoms with van der Waals surface area (Å²) in [6.45, 7) is 2.99. The Morgan fingerprint density at radius 2 is 2.19 bits per heavy atom. The first-order chi connectivity index (χ1) is 7.72. The smallest absolute Gasteiger partial charge is 0.107 e. The first-order valence-electron chi connectivity index (χ1n) is 5.83. The number of halogens is 1. The average Bonchev–Trinajstić information content (AvgIpc) is 2.63. The van der Waals surface area contributed by atoms with Crippen molar-refractivity contribution in [2.75, 3.05) is 26.7 Å². The lowest BCUT2D eigenvalue weighted by molar-refractivity contribution is 0.210. The SMILES string of the molecule is CN1CCC(n2ncc(CCN)c2Br)CC1. The second-order valence-corrected chi connectivity index (χ2v) is 5.23. The van der Waals surface area contributed by atoms with Gasteiger partial charge in [0.25, 0.3) is 0 Å². The van der Waals surface area contributed by atoms with Crippen molar-refractivity contribution in [3.05, 3.63) is 16.4 Å². The molecule has 0 bridgehead atoms. The predicted octanol–water partition coefficient (Wildman–Crippen LogP) is 1.41. The Kier molecular flexibility index (Phi) is 4.00. The Balaban J connectivity index is 2.09. The Labute approximate surface area is 105 Å². The van der Waals surface area contributed by atoms with E-state index >= 15 is 0 Å². The molecule has 0 radical (unpaired) electrons. The second kappa shape index (κ2) is 5.29. The number of rotatable bonds is 3. The van der Waals surface area contributed by atoms with Gasteiger partial charge in [-0.2, -0.15) is 5.10 Å². The fourth-order valence-corrected chi connectivity index (χ4v) is 2.88. The minimum Gasteiger partial charge on any atom is -0.330 e. The van der Waals surface area contributed by atoms with E-state index in [1.165, 1.54) is 18.4 Å². The van der Waals surface area contributed by atoms with Gasteiger partial charge in [-0.05, 0) is 61.9 Å². The van der Waals surface area contributed by atoms with Crippen molar-refractivity contribution in [2.24, 2.45) is 5.73 Å². The van der Waals surface area contributed by atoms with Gasteiger partial charge < -0.3 is 10.6 Å². The van der Waals surface area contributed by atoms with Crippen molar-refractivity contribution in [2.45, 2.75) is 25.3 Å². The van der Waals surface area contributed by atoms with Crippen LogP contribution in [0.3, 0.4) is 0 Å². The number of likely N-dealkylation sites (tertiary alicyclic amines) is 1. The molecule has 2 heterocycles. The molecule has 2 rings (SSSR count). The van der Waals surface area contributed by atoms with Crippen LogP contribution in [0.25, 0.3) is 0 Å². The van der Waals surface area contributed by atoms with Gasteiger partial charge in [-0.1, -0.05) is 0 Å². The normalized spacial score (nSPS) is 19.2. The molecule has 0 amide bonds. The molecule has 4 nitrogen and oxygen atoms in total. The molecule has 1 aromatic heterocycles. The van der Waals surface area contributed by atoms with Gasteiger partial charge in [0.15, 0.2) is 0 Å². The summed E-state index contributed by atoms with van der Waals surface area (Å²) >= 11 is 3.63. The van der Waals surface area contributed by atoms with Crippen LogP contribution in [0.5, 0.6) is 0 Å². The molecule has 1 fully saturated rings. The quantitative estimate of drug-likeness (QED) is 0.914. The number of hydrogen-bond acceptors (Lipinski definition) is 3. The Hall–Kier alpha value is -0.390. The Morgan fingerprint density at radius 1 is 1.50 bits per heavy atom. The van der Waals surface area contributed by atoms with Gasteiger partial charge in [0.2, 0.25) is 0 Å². The van der Waals surface area contributed by atoms with Gasteiger partial charge in [-0.3, -0.25) is 4.68 Å². The molecule has 2 N–H and O–H groups in total. The summed E-state index contributed by atoms with van der Waals surface area (Å²) in [7, 11) is 2.17. The summed E-state index contributed by atoms with van der Waals surface area (Å²) in [4.78, 5) is 2.37. The van der Waals surface area contributed by atoms with Crippen LogP contribution in [0, 0.1) is 0 Å². The highest BCUT2D eigenvalue weighted by Crippen LogP contribution is 2.27. The molecule has 1 aliphatic rings. The van der Waals surface area contributed by atoms with Gasteiger partial charge in [0.05, 0.1) is 12.2 Å². The zero-order chi connectivity index (χ0) is 11.5. The topological polar surface area (TPSA) is 47.1 Å². The highest BCUT2D eigenvalue weighted by atomic mass is 79.9. The maximum absolute atomic E-state index is 5.57. The fraction of sp³-hybridized carbons (Fsp3) is 0.727. The van der Waals surface area contributed by atoms with Crippen LogP contribution in [0.15, 0.2) is 10.8 Å². The molecule has 0 aromatic carbocycles. The molecule has 0 unspecified atom stereocenters. The summed E-state index contributed by atoms with van der Waals surface area (Å²) in [5, 5.41) is 4.48. The lowest BCUT2D eigenvalue weighted by Crippen LogP contribution is -2.31. The van der Waals surface area contributed by atoms with Crippen molar-refractivity contribution >= 4 is 15.9 Å². The lowest BCUT2D eigenvalue weighted by Gasteiger charge is -2.29. The van der Waals surface area contributed by atoms with Crippen molar-refractivity contribution in [1.82, 2.24) is 14.7 Å². The number of hydrogen-bond donors (Lipinski definition) is 1. The Bertz CT molecular complexity index is 342. The molecule has 1 saturated heterocycles. The first-order valence-corrected chi connectivity index (χ1v) is 6.62. The van der Waals surface area contributed by atoms with E-state index in [9.17, 15) is 0 Å². The lowest BCUT2D eigenvalue weighted by atomic mass is 10.1. The predicted molar refractivity (Wildman–Crippen MR) is 68.5 cm³/mol. The van der Waals surface area contributed by atoms with E-state index in [1.807, 2.05) is 6.20 Å². The van der Waals surface area contributed by atoms with Crippen molar-refractivity contribution in [3.63, 3.8) is 0 Å². The van der Waals surface area contributed by atoms with Crippen LogP contribution in [-0.2, 0) is 6.42 Å². The van der Waals surface area contributed by atoms with Crippen molar-refractivity contribution in [1.29, 1.82) is 0 Å². The molecule has 90 valence electrons.